The first-order valence-electron chi connectivity index (χ1n) is 8.79. The van der Waals surface area contributed by atoms with Crippen LogP contribution in [0.5, 0.6) is 0 Å². The maximum atomic E-state index is 6.17. The zero-order valence-corrected chi connectivity index (χ0v) is 15.2. The van der Waals surface area contributed by atoms with Crippen LogP contribution in [0.2, 0.25) is 0 Å². The SMILES string of the molecule is CCc1nsc(N(Cc2ccc(C)cn2)CC23CC(CCO2)C3)n1. The van der Waals surface area contributed by atoms with Crippen LogP contribution in [-0.2, 0) is 17.7 Å². The lowest BCUT2D eigenvalue weighted by atomic mass is 9.67. The van der Waals surface area contributed by atoms with Crippen LogP contribution in [0, 0.1) is 12.8 Å². The lowest BCUT2D eigenvalue weighted by molar-refractivity contribution is -0.171. The highest BCUT2D eigenvalue weighted by Gasteiger charge is 2.49. The monoisotopic (exact) mass is 344 g/mol. The number of aryl methyl sites for hydroxylation is 2. The molecule has 1 aliphatic carbocycles. The summed E-state index contributed by atoms with van der Waals surface area (Å²) < 4.78 is 10.6. The van der Waals surface area contributed by atoms with Gasteiger partial charge < -0.3 is 9.64 Å². The minimum atomic E-state index is 0.0195. The first-order chi connectivity index (χ1) is 11.7. The first-order valence-corrected chi connectivity index (χ1v) is 9.56. The van der Waals surface area contributed by atoms with Gasteiger partial charge in [-0.1, -0.05) is 13.0 Å². The molecule has 2 aromatic rings. The summed E-state index contributed by atoms with van der Waals surface area (Å²) in [6.07, 6.45) is 6.39. The minimum absolute atomic E-state index is 0.0195. The highest BCUT2D eigenvalue weighted by molar-refractivity contribution is 7.09. The average molecular weight is 344 g/mol. The molecule has 0 N–H and O–H groups in total. The molecule has 1 saturated carbocycles. The zero-order valence-electron chi connectivity index (χ0n) is 14.4. The van der Waals surface area contributed by atoms with Crippen molar-refractivity contribution >= 4 is 16.7 Å². The third-order valence-corrected chi connectivity index (χ3v) is 5.92. The van der Waals surface area contributed by atoms with Crippen molar-refractivity contribution < 1.29 is 4.74 Å². The third-order valence-electron chi connectivity index (χ3n) is 5.10. The van der Waals surface area contributed by atoms with Gasteiger partial charge in [0.05, 0.1) is 17.8 Å². The number of hydrogen-bond donors (Lipinski definition) is 0. The van der Waals surface area contributed by atoms with Crippen molar-refractivity contribution in [2.75, 3.05) is 18.1 Å². The Kier molecular flexibility index (Phi) is 4.26. The second kappa shape index (κ2) is 6.41. The van der Waals surface area contributed by atoms with Crippen molar-refractivity contribution in [3.05, 3.63) is 35.4 Å². The molecule has 5 nitrogen and oxygen atoms in total. The van der Waals surface area contributed by atoms with Crippen LogP contribution in [0.15, 0.2) is 18.3 Å². The second-order valence-electron chi connectivity index (χ2n) is 7.12. The molecule has 5 rings (SSSR count). The normalized spacial score (nSPS) is 25.3. The van der Waals surface area contributed by atoms with Crippen molar-refractivity contribution in [2.24, 2.45) is 5.92 Å². The summed E-state index contributed by atoms with van der Waals surface area (Å²) >= 11 is 1.49. The van der Waals surface area contributed by atoms with Gasteiger partial charge in [-0.2, -0.15) is 4.37 Å². The van der Waals surface area contributed by atoms with Crippen LogP contribution in [0.4, 0.5) is 5.13 Å². The molecule has 2 saturated heterocycles. The van der Waals surface area contributed by atoms with E-state index in [4.69, 9.17) is 9.72 Å². The van der Waals surface area contributed by atoms with Crippen LogP contribution in [-0.4, -0.2) is 33.1 Å². The fourth-order valence-corrected chi connectivity index (χ4v) is 4.52. The fourth-order valence-electron chi connectivity index (χ4n) is 3.77. The van der Waals surface area contributed by atoms with E-state index in [1.165, 1.54) is 36.4 Å². The number of aromatic nitrogens is 3. The number of hydrogen-bond acceptors (Lipinski definition) is 6. The summed E-state index contributed by atoms with van der Waals surface area (Å²) in [6, 6.07) is 4.22. The summed E-state index contributed by atoms with van der Waals surface area (Å²) in [5.41, 5.74) is 2.27. The molecule has 3 aliphatic rings. The Hall–Kier alpha value is -1.53. The molecule has 128 valence electrons. The first kappa shape index (κ1) is 16.0. The molecule has 2 aliphatic heterocycles. The summed E-state index contributed by atoms with van der Waals surface area (Å²) in [4.78, 5) is 11.6. The zero-order chi connectivity index (χ0) is 16.6. The van der Waals surface area contributed by atoms with Crippen LogP contribution in [0.1, 0.15) is 43.3 Å². The van der Waals surface area contributed by atoms with Gasteiger partial charge in [0, 0.05) is 37.3 Å². The number of nitrogens with zero attached hydrogens (tertiary/aromatic N) is 4. The standard InChI is InChI=1S/C18H24N4OS/c1-3-16-20-17(24-21-16)22(11-15-5-4-13(2)10-19-15)12-18-8-14(9-18)6-7-23-18/h4-5,10,14H,3,6-9,11-12H2,1-2H3. The van der Waals surface area contributed by atoms with Gasteiger partial charge in [0.2, 0.25) is 5.13 Å². The molecular weight excluding hydrogens is 320 g/mol. The largest absolute Gasteiger partial charge is 0.373 e. The molecular formula is C18H24N4OS. The highest BCUT2D eigenvalue weighted by atomic mass is 32.1. The van der Waals surface area contributed by atoms with E-state index in [2.05, 4.69) is 40.2 Å². The Morgan fingerprint density at radius 2 is 2.25 bits per heavy atom. The molecule has 0 unspecified atom stereocenters. The van der Waals surface area contributed by atoms with E-state index < -0.39 is 0 Å². The van der Waals surface area contributed by atoms with Crippen LogP contribution >= 0.6 is 11.5 Å². The van der Waals surface area contributed by atoms with Crippen molar-refractivity contribution in [3.8, 4) is 0 Å². The van der Waals surface area contributed by atoms with Crippen molar-refractivity contribution in [1.82, 2.24) is 14.3 Å². The molecule has 0 atom stereocenters. The molecule has 0 aromatic carbocycles. The van der Waals surface area contributed by atoms with E-state index in [1.807, 2.05) is 6.20 Å². The summed E-state index contributed by atoms with van der Waals surface area (Å²) in [7, 11) is 0. The summed E-state index contributed by atoms with van der Waals surface area (Å²) in [6.45, 7) is 6.71. The Labute approximate surface area is 147 Å². The van der Waals surface area contributed by atoms with Gasteiger partial charge in [0.25, 0.3) is 0 Å². The van der Waals surface area contributed by atoms with E-state index in [9.17, 15) is 0 Å². The second-order valence-corrected chi connectivity index (χ2v) is 7.85. The van der Waals surface area contributed by atoms with Gasteiger partial charge in [-0.05, 0) is 43.7 Å². The maximum Gasteiger partial charge on any atom is 0.205 e. The van der Waals surface area contributed by atoms with E-state index in [-0.39, 0.29) is 5.60 Å². The number of ether oxygens (including phenoxy) is 1. The lowest BCUT2D eigenvalue weighted by Gasteiger charge is -2.53. The summed E-state index contributed by atoms with van der Waals surface area (Å²) in [5, 5.41) is 0.987. The fraction of sp³-hybridized carbons (Fsp3) is 0.611. The van der Waals surface area contributed by atoms with Crippen molar-refractivity contribution in [2.45, 2.75) is 51.7 Å². The Bertz CT molecular complexity index is 688. The maximum absolute atomic E-state index is 6.17. The molecule has 2 aromatic heterocycles. The molecule has 24 heavy (non-hydrogen) atoms. The smallest absolute Gasteiger partial charge is 0.205 e. The lowest BCUT2D eigenvalue weighted by Crippen LogP contribution is -2.57. The number of fused-ring (bicyclic) bond motifs is 2. The van der Waals surface area contributed by atoms with Crippen LogP contribution in [0.25, 0.3) is 0 Å². The van der Waals surface area contributed by atoms with E-state index >= 15 is 0 Å². The predicted molar refractivity (Wildman–Crippen MR) is 95.3 cm³/mol. The van der Waals surface area contributed by atoms with Gasteiger partial charge in [-0.15, -0.1) is 0 Å². The molecule has 0 spiro atoms. The Morgan fingerprint density at radius 3 is 2.88 bits per heavy atom. The van der Waals surface area contributed by atoms with Gasteiger partial charge in [-0.3, -0.25) is 4.98 Å². The number of pyridine rings is 1. The van der Waals surface area contributed by atoms with Crippen LogP contribution < -0.4 is 4.90 Å². The number of rotatable bonds is 6. The minimum Gasteiger partial charge on any atom is -0.373 e. The topological polar surface area (TPSA) is 51.1 Å². The predicted octanol–water partition coefficient (Wildman–Crippen LogP) is 3.38. The van der Waals surface area contributed by atoms with E-state index in [0.717, 1.165) is 48.7 Å². The molecule has 2 bridgehead atoms. The van der Waals surface area contributed by atoms with Crippen molar-refractivity contribution in [1.29, 1.82) is 0 Å². The molecule has 4 heterocycles. The highest BCUT2D eigenvalue weighted by Crippen LogP contribution is 2.47. The van der Waals surface area contributed by atoms with Gasteiger partial charge in [0.15, 0.2) is 0 Å². The van der Waals surface area contributed by atoms with Crippen molar-refractivity contribution in [3.63, 3.8) is 0 Å². The van der Waals surface area contributed by atoms with Crippen LogP contribution in [0.3, 0.4) is 0 Å². The van der Waals surface area contributed by atoms with E-state index in [0.29, 0.717) is 0 Å². The molecule has 0 amide bonds. The van der Waals surface area contributed by atoms with Gasteiger partial charge in [0.1, 0.15) is 5.82 Å². The molecule has 0 radical (unpaired) electrons. The average Bonchev–Trinajstić information content (AvgIpc) is 3.05. The summed E-state index contributed by atoms with van der Waals surface area (Å²) in [5.74, 6) is 1.78. The molecule has 6 heteroatoms. The Balaban J connectivity index is 1.55. The third kappa shape index (κ3) is 3.17. The quantitative estimate of drug-likeness (QED) is 0.804. The molecule has 3 fully saturated rings. The number of anilines is 1. The van der Waals surface area contributed by atoms with Gasteiger partial charge in [-0.25, -0.2) is 4.98 Å². The van der Waals surface area contributed by atoms with E-state index in [1.54, 1.807) is 0 Å². The Morgan fingerprint density at radius 1 is 1.38 bits per heavy atom. The van der Waals surface area contributed by atoms with Gasteiger partial charge >= 0.3 is 0 Å².